The number of unbranched alkanes of at least 4 members (excludes halogenated alkanes) is 20. The van der Waals surface area contributed by atoms with Crippen LogP contribution in [0.2, 0.25) is 0 Å². The van der Waals surface area contributed by atoms with Crippen molar-refractivity contribution in [3.8, 4) is 0 Å². The molecule has 0 fully saturated rings. The van der Waals surface area contributed by atoms with E-state index in [4.69, 9.17) is 18.9 Å². The summed E-state index contributed by atoms with van der Waals surface area (Å²) in [6, 6.07) is 0. The van der Waals surface area contributed by atoms with Crippen molar-refractivity contribution in [1.29, 1.82) is 0 Å². The van der Waals surface area contributed by atoms with Crippen LogP contribution in [0.25, 0.3) is 0 Å². The summed E-state index contributed by atoms with van der Waals surface area (Å²) >= 11 is 0. The van der Waals surface area contributed by atoms with E-state index in [2.05, 4.69) is 62.5 Å². The lowest BCUT2D eigenvalue weighted by molar-refractivity contribution is -0.870. The highest BCUT2D eigenvalue weighted by atomic mass is 16.7. The van der Waals surface area contributed by atoms with Crippen LogP contribution in [-0.4, -0.2) is 87.4 Å². The molecule has 0 aromatic heterocycles. The highest BCUT2D eigenvalue weighted by molar-refractivity contribution is 5.71. The van der Waals surface area contributed by atoms with Gasteiger partial charge in [0.25, 0.3) is 6.29 Å². The second kappa shape index (κ2) is 42.0. The number of hydrogen-bond acceptors (Lipinski definition) is 7. The zero-order valence-electron chi connectivity index (χ0n) is 38.7. The van der Waals surface area contributed by atoms with Crippen molar-refractivity contribution in [1.82, 2.24) is 0 Å². The molecule has 0 radical (unpaired) electrons. The van der Waals surface area contributed by atoms with Gasteiger partial charge in [-0.25, -0.2) is 4.79 Å². The molecule has 0 aromatic carbocycles. The lowest BCUT2D eigenvalue weighted by atomic mass is 10.0. The molecular formula is C50H90NO8+. The van der Waals surface area contributed by atoms with Crippen LogP contribution in [0.1, 0.15) is 194 Å². The van der Waals surface area contributed by atoms with Crippen LogP contribution in [-0.2, 0) is 33.3 Å². The third-order valence-corrected chi connectivity index (χ3v) is 10.1. The van der Waals surface area contributed by atoms with Crippen molar-refractivity contribution in [2.75, 3.05) is 47.5 Å². The molecule has 0 aliphatic rings. The van der Waals surface area contributed by atoms with Gasteiger partial charge in [0, 0.05) is 12.8 Å². The molecule has 2 unspecified atom stereocenters. The fourth-order valence-electron chi connectivity index (χ4n) is 6.41. The summed E-state index contributed by atoms with van der Waals surface area (Å²) in [5.74, 6) is -2.01. The van der Waals surface area contributed by atoms with E-state index < -0.39 is 24.3 Å². The molecule has 1 N–H and O–H groups in total. The van der Waals surface area contributed by atoms with Gasteiger partial charge in [0.2, 0.25) is 0 Å². The highest BCUT2D eigenvalue weighted by Gasteiger charge is 2.25. The van der Waals surface area contributed by atoms with Gasteiger partial charge in [0.1, 0.15) is 13.2 Å². The van der Waals surface area contributed by atoms with E-state index in [0.717, 1.165) is 64.2 Å². The monoisotopic (exact) mass is 833 g/mol. The molecule has 0 amide bonds. The van der Waals surface area contributed by atoms with Crippen molar-refractivity contribution in [2.24, 2.45) is 0 Å². The lowest BCUT2D eigenvalue weighted by Gasteiger charge is -2.25. The van der Waals surface area contributed by atoms with Gasteiger partial charge in [-0.3, -0.25) is 9.59 Å². The average Bonchev–Trinajstić information content (AvgIpc) is 3.19. The molecule has 0 rings (SSSR count). The number of allylic oxidation sites excluding steroid dienone is 8. The van der Waals surface area contributed by atoms with E-state index in [1.54, 1.807) is 0 Å². The Balaban J connectivity index is 4.24. The Labute approximate surface area is 362 Å². The predicted octanol–water partition coefficient (Wildman–Crippen LogP) is 12.8. The summed E-state index contributed by atoms with van der Waals surface area (Å²) in [7, 11) is 5.95. The Morgan fingerprint density at radius 2 is 0.966 bits per heavy atom. The molecule has 0 aliphatic carbocycles. The Morgan fingerprint density at radius 1 is 0.525 bits per heavy atom. The van der Waals surface area contributed by atoms with Crippen LogP contribution in [0.5, 0.6) is 0 Å². The molecule has 0 saturated carbocycles. The zero-order chi connectivity index (χ0) is 43.5. The zero-order valence-corrected chi connectivity index (χ0v) is 38.7. The molecule has 342 valence electrons. The quantitative estimate of drug-likeness (QED) is 0.0213. The van der Waals surface area contributed by atoms with Crippen LogP contribution in [0, 0.1) is 0 Å². The van der Waals surface area contributed by atoms with Crippen molar-refractivity contribution in [3.63, 3.8) is 0 Å². The fraction of sp³-hybridized carbons (Fsp3) is 0.780. The number of carboxylic acids is 1. The third-order valence-electron chi connectivity index (χ3n) is 10.1. The van der Waals surface area contributed by atoms with Gasteiger partial charge in [-0.2, -0.15) is 0 Å². The minimum absolute atomic E-state index is 0.181. The lowest BCUT2D eigenvalue weighted by Crippen LogP contribution is -2.40. The van der Waals surface area contributed by atoms with E-state index in [-0.39, 0.29) is 32.2 Å². The van der Waals surface area contributed by atoms with Crippen LogP contribution >= 0.6 is 0 Å². The molecule has 9 nitrogen and oxygen atoms in total. The Morgan fingerprint density at radius 3 is 1.44 bits per heavy atom. The number of carboxylic acid groups (broad SMARTS) is 1. The van der Waals surface area contributed by atoms with Crippen molar-refractivity contribution >= 4 is 17.9 Å². The van der Waals surface area contributed by atoms with Gasteiger partial charge >= 0.3 is 17.9 Å². The van der Waals surface area contributed by atoms with Crippen molar-refractivity contribution in [3.05, 3.63) is 48.6 Å². The second-order valence-electron chi connectivity index (χ2n) is 17.0. The summed E-state index contributed by atoms with van der Waals surface area (Å²) in [6.07, 6.45) is 46.1. The Kier molecular flexibility index (Phi) is 40.0. The number of quaternary nitrogens is 1. The van der Waals surface area contributed by atoms with Gasteiger partial charge in [-0.1, -0.05) is 178 Å². The molecule has 0 heterocycles. The van der Waals surface area contributed by atoms with Gasteiger partial charge < -0.3 is 28.5 Å². The number of likely N-dealkylation sites (N-methyl/N-ethyl adjacent to an activating group) is 1. The first-order chi connectivity index (χ1) is 28.6. The van der Waals surface area contributed by atoms with E-state index in [1.807, 2.05) is 21.1 Å². The first-order valence-corrected chi connectivity index (χ1v) is 23.8. The third kappa shape index (κ3) is 43.2. The first kappa shape index (κ1) is 56.2. The average molecular weight is 833 g/mol. The van der Waals surface area contributed by atoms with Gasteiger partial charge in [0.15, 0.2) is 6.10 Å². The smallest absolute Gasteiger partial charge is 0.361 e. The van der Waals surface area contributed by atoms with E-state index in [9.17, 15) is 19.5 Å². The standard InChI is InChI=1S/C50H89NO8/c1-6-8-10-12-14-16-17-18-19-20-21-22-23-24-25-26-27-28-29-30-31-33-35-37-39-41-48(53)59-46(45-58-50(49(54)55)56-43-42-51(3,4)5)44-57-47(52)40-38-36-34-32-15-13-11-9-7-2/h8,10,14,16,18-19,21-22,46,50H,6-7,9,11-13,15,17,20,23-45H2,1-5H3/p+1/b10-8-,16-14-,19-18-,22-21-. The van der Waals surface area contributed by atoms with Crippen LogP contribution in [0.3, 0.4) is 0 Å². The number of rotatable bonds is 43. The second-order valence-corrected chi connectivity index (χ2v) is 17.0. The fourth-order valence-corrected chi connectivity index (χ4v) is 6.41. The summed E-state index contributed by atoms with van der Waals surface area (Å²) in [6.45, 7) is 4.73. The maximum absolute atomic E-state index is 12.8. The molecule has 0 spiro atoms. The van der Waals surface area contributed by atoms with Crippen LogP contribution < -0.4 is 0 Å². The molecular weight excluding hydrogens is 743 g/mol. The predicted molar refractivity (Wildman–Crippen MR) is 244 cm³/mol. The topological polar surface area (TPSA) is 108 Å². The molecule has 2 atom stereocenters. The molecule has 0 bridgehead atoms. The van der Waals surface area contributed by atoms with Crippen LogP contribution in [0.4, 0.5) is 0 Å². The number of aliphatic carboxylic acids is 1. The maximum atomic E-state index is 12.8. The normalized spacial score (nSPS) is 13.3. The number of ether oxygens (including phenoxy) is 4. The minimum atomic E-state index is -1.51. The van der Waals surface area contributed by atoms with Gasteiger partial charge in [-0.05, 0) is 51.4 Å². The maximum Gasteiger partial charge on any atom is 0.361 e. The summed E-state index contributed by atoms with van der Waals surface area (Å²) < 4.78 is 22.7. The first-order valence-electron chi connectivity index (χ1n) is 23.8. The molecule has 9 heteroatoms. The van der Waals surface area contributed by atoms with E-state index in [1.165, 1.54) is 103 Å². The number of esters is 2. The van der Waals surface area contributed by atoms with Crippen molar-refractivity contribution in [2.45, 2.75) is 206 Å². The Hall–Kier alpha value is -2.75. The molecule has 0 aliphatic heterocycles. The van der Waals surface area contributed by atoms with Crippen LogP contribution in [0.15, 0.2) is 48.6 Å². The number of hydrogen-bond donors (Lipinski definition) is 1. The molecule has 0 saturated heterocycles. The number of carbonyl (C=O) groups excluding carboxylic acids is 2. The van der Waals surface area contributed by atoms with Gasteiger partial charge in [0.05, 0.1) is 34.4 Å². The summed E-state index contributed by atoms with van der Waals surface area (Å²) in [4.78, 5) is 37.0. The SMILES string of the molecule is CC/C=C\C/C=C\C/C=C\C/C=C\CCCCCCCCCCCCCCC(=O)OC(COC(=O)CCCCCCCCCCC)COC(OCC[N+](C)(C)C)C(=O)O. The minimum Gasteiger partial charge on any atom is -0.477 e. The Bertz CT molecular complexity index is 1110. The van der Waals surface area contributed by atoms with Gasteiger partial charge in [-0.15, -0.1) is 0 Å². The van der Waals surface area contributed by atoms with Crippen molar-refractivity contribution < 1.29 is 42.9 Å². The molecule has 0 aromatic rings. The largest absolute Gasteiger partial charge is 0.477 e. The summed E-state index contributed by atoms with van der Waals surface area (Å²) in [5.41, 5.74) is 0. The molecule has 59 heavy (non-hydrogen) atoms. The number of nitrogens with zero attached hydrogens (tertiary/aromatic N) is 1. The summed E-state index contributed by atoms with van der Waals surface area (Å²) in [5, 5.41) is 9.63. The highest BCUT2D eigenvalue weighted by Crippen LogP contribution is 2.15. The van der Waals surface area contributed by atoms with E-state index >= 15 is 0 Å². The van der Waals surface area contributed by atoms with E-state index in [0.29, 0.717) is 17.4 Å². The number of carbonyl (C=O) groups is 3.